The summed E-state index contributed by atoms with van der Waals surface area (Å²) in [5.74, 6) is -0.818. The minimum absolute atomic E-state index is 0.0713. The molecular weight excluding hydrogens is 382 g/mol. The van der Waals surface area contributed by atoms with E-state index in [1.165, 1.54) is 0 Å². The van der Waals surface area contributed by atoms with Crippen LogP contribution in [0.25, 0.3) is 11.0 Å². The Morgan fingerprint density at radius 1 is 1.03 bits per heavy atom. The first-order valence-electron chi connectivity index (χ1n) is 10.1. The Bertz CT molecular complexity index is 995. The van der Waals surface area contributed by atoms with Gasteiger partial charge in [0.25, 0.3) is 5.91 Å². The number of rotatable bonds is 9. The van der Waals surface area contributed by atoms with Gasteiger partial charge in [0.15, 0.2) is 6.10 Å². The molecule has 0 radical (unpaired) electrons. The second-order valence-electron chi connectivity index (χ2n) is 7.15. The van der Waals surface area contributed by atoms with Gasteiger partial charge >= 0.3 is 5.97 Å². The highest BCUT2D eigenvalue weighted by Crippen LogP contribution is 2.27. The van der Waals surface area contributed by atoms with E-state index in [0.717, 1.165) is 10.9 Å². The molecule has 0 aliphatic rings. The minimum Gasteiger partial charge on any atom is -0.449 e. The SMILES string of the molecule is CCOCc1c(C(=O)O[C@H](C)C(=O)NC[C@H](C)c2ccccc2)oc2ccccc12. The molecule has 0 spiro atoms. The Balaban J connectivity index is 1.64. The molecule has 0 fully saturated rings. The molecule has 0 saturated carbocycles. The third-order valence-electron chi connectivity index (χ3n) is 4.94. The molecule has 2 aromatic carbocycles. The van der Waals surface area contributed by atoms with Crippen LogP contribution in [0.5, 0.6) is 0 Å². The smallest absolute Gasteiger partial charge is 0.375 e. The third kappa shape index (κ3) is 5.07. The van der Waals surface area contributed by atoms with Crippen molar-refractivity contribution in [3.8, 4) is 0 Å². The molecule has 158 valence electrons. The van der Waals surface area contributed by atoms with Crippen molar-refractivity contribution in [2.24, 2.45) is 0 Å². The van der Waals surface area contributed by atoms with Crippen LogP contribution in [0.1, 0.15) is 48.4 Å². The lowest BCUT2D eigenvalue weighted by molar-refractivity contribution is -0.129. The van der Waals surface area contributed by atoms with Gasteiger partial charge in [-0.1, -0.05) is 55.5 Å². The summed E-state index contributed by atoms with van der Waals surface area (Å²) in [4.78, 5) is 25.2. The van der Waals surface area contributed by atoms with E-state index in [0.29, 0.717) is 24.3 Å². The molecule has 1 heterocycles. The Labute approximate surface area is 176 Å². The molecule has 0 aliphatic carbocycles. The normalized spacial score (nSPS) is 13.0. The molecule has 0 aliphatic heterocycles. The fourth-order valence-corrected chi connectivity index (χ4v) is 3.18. The van der Waals surface area contributed by atoms with Crippen molar-refractivity contribution in [3.05, 3.63) is 71.5 Å². The highest BCUT2D eigenvalue weighted by Gasteiger charge is 2.26. The van der Waals surface area contributed by atoms with Gasteiger partial charge < -0.3 is 19.2 Å². The highest BCUT2D eigenvalue weighted by molar-refractivity contribution is 5.97. The zero-order chi connectivity index (χ0) is 21.5. The van der Waals surface area contributed by atoms with Crippen LogP contribution < -0.4 is 5.32 Å². The first kappa shape index (κ1) is 21.6. The van der Waals surface area contributed by atoms with Crippen LogP contribution in [0.3, 0.4) is 0 Å². The van der Waals surface area contributed by atoms with E-state index < -0.39 is 12.1 Å². The standard InChI is InChI=1S/C24H27NO5/c1-4-28-15-20-19-12-8-9-13-21(19)30-22(20)24(27)29-17(3)23(26)25-14-16(2)18-10-6-5-7-11-18/h5-13,16-17H,4,14-15H2,1-3H3,(H,25,26)/t16-,17+/m0/s1. The Morgan fingerprint density at radius 3 is 2.47 bits per heavy atom. The zero-order valence-corrected chi connectivity index (χ0v) is 17.5. The Hall–Kier alpha value is -3.12. The van der Waals surface area contributed by atoms with Crippen molar-refractivity contribution in [2.75, 3.05) is 13.2 Å². The fraction of sp³-hybridized carbons (Fsp3) is 0.333. The van der Waals surface area contributed by atoms with Gasteiger partial charge in [0, 0.05) is 24.1 Å². The number of esters is 1. The van der Waals surface area contributed by atoms with Crippen molar-refractivity contribution in [3.63, 3.8) is 0 Å². The number of ether oxygens (including phenoxy) is 2. The van der Waals surface area contributed by atoms with E-state index in [1.807, 2.05) is 62.4 Å². The topological polar surface area (TPSA) is 77.8 Å². The summed E-state index contributed by atoms with van der Waals surface area (Å²) in [6.45, 7) is 6.64. The second-order valence-corrected chi connectivity index (χ2v) is 7.15. The van der Waals surface area contributed by atoms with Crippen LogP contribution in [-0.4, -0.2) is 31.1 Å². The number of nitrogens with one attached hydrogen (secondary N) is 1. The van der Waals surface area contributed by atoms with Gasteiger partial charge in [0.05, 0.1) is 6.61 Å². The first-order chi connectivity index (χ1) is 14.5. The third-order valence-corrected chi connectivity index (χ3v) is 4.94. The molecule has 6 nitrogen and oxygen atoms in total. The maximum Gasteiger partial charge on any atom is 0.375 e. The molecule has 1 N–H and O–H groups in total. The minimum atomic E-state index is -0.950. The molecule has 30 heavy (non-hydrogen) atoms. The Morgan fingerprint density at radius 2 is 1.73 bits per heavy atom. The predicted octanol–water partition coefficient (Wildman–Crippen LogP) is 4.43. The van der Waals surface area contributed by atoms with Gasteiger partial charge in [0.2, 0.25) is 5.76 Å². The van der Waals surface area contributed by atoms with Crippen molar-refractivity contribution in [1.82, 2.24) is 5.32 Å². The van der Waals surface area contributed by atoms with Gasteiger partial charge in [-0.25, -0.2) is 4.79 Å². The summed E-state index contributed by atoms with van der Waals surface area (Å²) >= 11 is 0. The number of hydrogen-bond donors (Lipinski definition) is 1. The number of furan rings is 1. The quantitative estimate of drug-likeness (QED) is 0.529. The summed E-state index contributed by atoms with van der Waals surface area (Å²) in [6.07, 6.45) is -0.950. The van der Waals surface area contributed by atoms with Gasteiger partial charge in [-0.15, -0.1) is 0 Å². The molecule has 3 aromatic rings. The van der Waals surface area contributed by atoms with Gasteiger partial charge in [-0.05, 0) is 31.4 Å². The summed E-state index contributed by atoms with van der Waals surface area (Å²) in [6, 6.07) is 17.3. The predicted molar refractivity (Wildman–Crippen MR) is 114 cm³/mol. The van der Waals surface area contributed by atoms with E-state index in [-0.39, 0.29) is 24.2 Å². The Kier molecular flexibility index (Phi) is 7.25. The molecular formula is C24H27NO5. The van der Waals surface area contributed by atoms with Gasteiger partial charge in [-0.2, -0.15) is 0 Å². The molecule has 3 rings (SSSR count). The van der Waals surface area contributed by atoms with E-state index in [1.54, 1.807) is 13.0 Å². The lowest BCUT2D eigenvalue weighted by Crippen LogP contribution is -2.37. The van der Waals surface area contributed by atoms with Crippen molar-refractivity contribution < 1.29 is 23.5 Å². The number of benzene rings is 2. The molecule has 0 saturated heterocycles. The molecule has 0 bridgehead atoms. The monoisotopic (exact) mass is 409 g/mol. The summed E-state index contributed by atoms with van der Waals surface area (Å²) in [5, 5.41) is 3.64. The molecule has 2 atom stereocenters. The largest absolute Gasteiger partial charge is 0.449 e. The number of para-hydroxylation sites is 1. The van der Waals surface area contributed by atoms with Crippen LogP contribution in [0.15, 0.2) is 59.0 Å². The number of fused-ring (bicyclic) bond motifs is 1. The second kappa shape index (κ2) is 10.1. The summed E-state index contributed by atoms with van der Waals surface area (Å²) < 4.78 is 16.6. The van der Waals surface area contributed by atoms with Crippen LogP contribution in [-0.2, 0) is 20.9 Å². The van der Waals surface area contributed by atoms with Crippen LogP contribution in [0.4, 0.5) is 0 Å². The average molecular weight is 409 g/mol. The average Bonchev–Trinajstić information content (AvgIpc) is 3.15. The number of carbonyl (C=O) groups is 2. The summed E-state index contributed by atoms with van der Waals surface area (Å²) in [7, 11) is 0. The zero-order valence-electron chi connectivity index (χ0n) is 17.5. The van der Waals surface area contributed by atoms with Crippen LogP contribution in [0.2, 0.25) is 0 Å². The number of hydrogen-bond acceptors (Lipinski definition) is 5. The number of amides is 1. The van der Waals surface area contributed by atoms with E-state index >= 15 is 0 Å². The molecule has 1 amide bonds. The maximum atomic E-state index is 12.7. The van der Waals surface area contributed by atoms with Crippen LogP contribution >= 0.6 is 0 Å². The molecule has 1 aromatic heterocycles. The van der Waals surface area contributed by atoms with Crippen molar-refractivity contribution in [1.29, 1.82) is 0 Å². The fourth-order valence-electron chi connectivity index (χ4n) is 3.18. The lowest BCUT2D eigenvalue weighted by atomic mass is 10.0. The maximum absolute atomic E-state index is 12.7. The van der Waals surface area contributed by atoms with Crippen LogP contribution in [0, 0.1) is 0 Å². The van der Waals surface area contributed by atoms with E-state index in [2.05, 4.69) is 5.32 Å². The van der Waals surface area contributed by atoms with E-state index in [9.17, 15) is 9.59 Å². The van der Waals surface area contributed by atoms with Crippen molar-refractivity contribution in [2.45, 2.75) is 39.4 Å². The van der Waals surface area contributed by atoms with Gasteiger partial charge in [0.1, 0.15) is 5.58 Å². The molecule has 0 unspecified atom stereocenters. The molecule has 6 heteroatoms. The first-order valence-corrected chi connectivity index (χ1v) is 10.1. The lowest BCUT2D eigenvalue weighted by Gasteiger charge is -2.16. The van der Waals surface area contributed by atoms with E-state index in [4.69, 9.17) is 13.9 Å². The number of carbonyl (C=O) groups excluding carboxylic acids is 2. The van der Waals surface area contributed by atoms with Crippen molar-refractivity contribution >= 4 is 22.8 Å². The van der Waals surface area contributed by atoms with Gasteiger partial charge in [-0.3, -0.25) is 4.79 Å². The summed E-state index contributed by atoms with van der Waals surface area (Å²) in [5.41, 5.74) is 2.33. The highest BCUT2D eigenvalue weighted by atomic mass is 16.6.